The fourth-order valence-electron chi connectivity index (χ4n) is 4.98. The molecule has 1 N–H and O–H groups in total. The van der Waals surface area contributed by atoms with Gasteiger partial charge < -0.3 is 23.9 Å². The highest BCUT2D eigenvalue weighted by molar-refractivity contribution is 5.78. The van der Waals surface area contributed by atoms with Crippen LogP contribution in [0.2, 0.25) is 0 Å². The van der Waals surface area contributed by atoms with Crippen molar-refractivity contribution in [2.24, 2.45) is 0 Å². The zero-order valence-corrected chi connectivity index (χ0v) is 17.3. The number of aromatic nitrogens is 3. The summed E-state index contributed by atoms with van der Waals surface area (Å²) in [5, 5.41) is 12.2. The summed E-state index contributed by atoms with van der Waals surface area (Å²) in [6.07, 6.45) is 3.17. The molecule has 30 heavy (non-hydrogen) atoms. The molecule has 1 unspecified atom stereocenters. The lowest BCUT2D eigenvalue weighted by atomic mass is 9.85. The Morgan fingerprint density at radius 2 is 1.90 bits per heavy atom. The molecule has 3 aromatic rings. The van der Waals surface area contributed by atoms with Crippen LogP contribution in [0.5, 0.6) is 0 Å². The summed E-state index contributed by atoms with van der Waals surface area (Å²) in [5.74, 6) is -0.746. The molecule has 2 aliphatic heterocycles. The van der Waals surface area contributed by atoms with Crippen molar-refractivity contribution in [2.75, 3.05) is 0 Å². The molecule has 6 rings (SSSR count). The minimum absolute atomic E-state index is 0.350. The van der Waals surface area contributed by atoms with Crippen molar-refractivity contribution >= 4 is 11.0 Å². The number of nitrogens with zero attached hydrogens (tertiary/aromatic N) is 3. The van der Waals surface area contributed by atoms with Gasteiger partial charge in [0.05, 0.1) is 5.69 Å². The SMILES string of the molecule is Cc1ncnc2c1ccn2[C@@H]1O[C@H](C(O)c2ccc3c(c2)CC3)[C@H]2OC(C)(C)O[C@H]21. The van der Waals surface area contributed by atoms with E-state index >= 15 is 0 Å². The first-order valence-electron chi connectivity index (χ1n) is 10.5. The Morgan fingerprint density at radius 3 is 2.67 bits per heavy atom. The molecule has 2 fully saturated rings. The number of benzene rings is 1. The number of aliphatic hydroxyl groups excluding tert-OH is 1. The molecule has 0 bridgehead atoms. The quantitative estimate of drug-likeness (QED) is 0.719. The van der Waals surface area contributed by atoms with Crippen molar-refractivity contribution < 1.29 is 19.3 Å². The first-order valence-corrected chi connectivity index (χ1v) is 10.5. The van der Waals surface area contributed by atoms with Crippen LogP contribution in [0.1, 0.15) is 48.6 Å². The van der Waals surface area contributed by atoms with Crippen LogP contribution in [0, 0.1) is 6.92 Å². The van der Waals surface area contributed by atoms with Gasteiger partial charge in [-0.25, -0.2) is 9.97 Å². The predicted molar refractivity (Wildman–Crippen MR) is 109 cm³/mol. The normalized spacial score (nSPS) is 30.1. The van der Waals surface area contributed by atoms with Crippen molar-refractivity contribution in [3.63, 3.8) is 0 Å². The molecule has 0 radical (unpaired) electrons. The Labute approximate surface area is 174 Å². The van der Waals surface area contributed by atoms with Crippen LogP contribution < -0.4 is 0 Å². The lowest BCUT2D eigenvalue weighted by Crippen LogP contribution is -2.34. The number of aryl methyl sites for hydroxylation is 3. The standard InChI is InChI=1S/C23H25N3O4/c1-12-16-8-9-26(21(16)25-11-24-12)22-20-19(29-23(2,3)30-20)18(28-22)17(27)15-7-5-13-4-6-14(13)10-15/h5,7-11,17-20,22,27H,4,6H2,1-3H3/t17?,18-,19-,20-,22-/m1/s1. The third kappa shape index (κ3) is 2.66. The molecule has 1 aliphatic carbocycles. The first kappa shape index (κ1) is 18.4. The van der Waals surface area contributed by atoms with Crippen LogP contribution in [-0.2, 0) is 27.1 Å². The van der Waals surface area contributed by atoms with Gasteiger partial charge in [0.1, 0.15) is 36.4 Å². The van der Waals surface area contributed by atoms with E-state index < -0.39 is 24.2 Å². The highest BCUT2D eigenvalue weighted by Gasteiger charge is 2.58. The van der Waals surface area contributed by atoms with E-state index in [1.54, 1.807) is 6.33 Å². The number of hydrogen-bond donors (Lipinski definition) is 1. The van der Waals surface area contributed by atoms with E-state index in [9.17, 15) is 5.11 Å². The topological polar surface area (TPSA) is 78.6 Å². The van der Waals surface area contributed by atoms with Gasteiger partial charge in [0.25, 0.3) is 0 Å². The smallest absolute Gasteiger partial charge is 0.164 e. The van der Waals surface area contributed by atoms with E-state index in [4.69, 9.17) is 14.2 Å². The third-order valence-electron chi connectivity index (χ3n) is 6.59. The number of aliphatic hydroxyl groups is 1. The second kappa shape index (κ2) is 6.34. The van der Waals surface area contributed by atoms with Crippen molar-refractivity contribution in [1.29, 1.82) is 0 Å². The molecule has 2 saturated heterocycles. The van der Waals surface area contributed by atoms with E-state index in [1.807, 2.05) is 43.7 Å². The molecule has 0 amide bonds. The van der Waals surface area contributed by atoms with Crippen molar-refractivity contribution in [2.45, 2.75) is 70.0 Å². The van der Waals surface area contributed by atoms with Gasteiger partial charge >= 0.3 is 0 Å². The molecule has 5 atom stereocenters. The zero-order chi connectivity index (χ0) is 20.6. The van der Waals surface area contributed by atoms with Gasteiger partial charge in [0, 0.05) is 11.6 Å². The summed E-state index contributed by atoms with van der Waals surface area (Å²) in [4.78, 5) is 8.75. The molecule has 156 valence electrons. The minimum Gasteiger partial charge on any atom is -0.386 e. The Bertz CT molecular complexity index is 1140. The van der Waals surface area contributed by atoms with E-state index in [0.717, 1.165) is 35.1 Å². The summed E-state index contributed by atoms with van der Waals surface area (Å²) in [6, 6.07) is 8.19. The molecule has 0 saturated carbocycles. The number of rotatable bonds is 3. The highest BCUT2D eigenvalue weighted by atomic mass is 16.8. The monoisotopic (exact) mass is 407 g/mol. The van der Waals surface area contributed by atoms with Gasteiger partial charge in [-0.05, 0) is 56.4 Å². The van der Waals surface area contributed by atoms with Crippen LogP contribution in [0.3, 0.4) is 0 Å². The summed E-state index contributed by atoms with van der Waals surface area (Å²) in [7, 11) is 0. The Morgan fingerprint density at radius 1 is 1.10 bits per heavy atom. The van der Waals surface area contributed by atoms with Crippen LogP contribution in [-0.4, -0.2) is 43.7 Å². The largest absolute Gasteiger partial charge is 0.386 e. The third-order valence-corrected chi connectivity index (χ3v) is 6.59. The molecule has 4 heterocycles. The average molecular weight is 407 g/mol. The molecule has 0 spiro atoms. The van der Waals surface area contributed by atoms with Crippen LogP contribution >= 0.6 is 0 Å². The fraction of sp³-hybridized carbons (Fsp3) is 0.478. The van der Waals surface area contributed by atoms with Crippen LogP contribution in [0.25, 0.3) is 11.0 Å². The fourth-order valence-corrected chi connectivity index (χ4v) is 4.98. The maximum absolute atomic E-state index is 11.3. The maximum atomic E-state index is 11.3. The lowest BCUT2D eigenvalue weighted by molar-refractivity contribution is -0.207. The average Bonchev–Trinajstić information content (AvgIpc) is 3.33. The lowest BCUT2D eigenvalue weighted by Gasteiger charge is -2.28. The molecular weight excluding hydrogens is 382 g/mol. The van der Waals surface area contributed by atoms with Crippen molar-refractivity contribution in [1.82, 2.24) is 14.5 Å². The molecular formula is C23H25N3O4. The molecule has 7 nitrogen and oxygen atoms in total. The molecule has 3 aliphatic rings. The van der Waals surface area contributed by atoms with Gasteiger partial charge in [-0.15, -0.1) is 0 Å². The minimum atomic E-state index is -0.802. The van der Waals surface area contributed by atoms with Crippen LogP contribution in [0.4, 0.5) is 0 Å². The zero-order valence-electron chi connectivity index (χ0n) is 17.3. The predicted octanol–water partition coefficient (Wildman–Crippen LogP) is 2.99. The van der Waals surface area contributed by atoms with Crippen LogP contribution in [0.15, 0.2) is 36.8 Å². The van der Waals surface area contributed by atoms with Gasteiger partial charge in [0.15, 0.2) is 12.0 Å². The van der Waals surface area contributed by atoms with Gasteiger partial charge in [-0.2, -0.15) is 0 Å². The summed E-state index contributed by atoms with van der Waals surface area (Å²) in [5.41, 5.74) is 5.24. The number of hydrogen-bond acceptors (Lipinski definition) is 6. The second-order valence-electron chi connectivity index (χ2n) is 8.95. The highest BCUT2D eigenvalue weighted by Crippen LogP contribution is 2.47. The number of fused-ring (bicyclic) bond motifs is 3. The van der Waals surface area contributed by atoms with Crippen molar-refractivity contribution in [3.05, 3.63) is 59.2 Å². The molecule has 7 heteroatoms. The number of ether oxygens (including phenoxy) is 3. The second-order valence-corrected chi connectivity index (χ2v) is 8.95. The Balaban J connectivity index is 1.38. The van der Waals surface area contributed by atoms with Crippen molar-refractivity contribution in [3.8, 4) is 0 Å². The molecule has 1 aromatic carbocycles. The Kier molecular flexibility index (Phi) is 3.90. The molecule has 2 aromatic heterocycles. The van der Waals surface area contributed by atoms with E-state index in [2.05, 4.69) is 22.1 Å². The Hall–Kier alpha value is -2.32. The van der Waals surface area contributed by atoms with E-state index in [0.29, 0.717) is 0 Å². The summed E-state index contributed by atoms with van der Waals surface area (Å²) < 4.78 is 20.8. The van der Waals surface area contributed by atoms with Gasteiger partial charge in [-0.1, -0.05) is 18.2 Å². The van der Waals surface area contributed by atoms with E-state index in [-0.39, 0.29) is 12.2 Å². The van der Waals surface area contributed by atoms with Gasteiger partial charge in [-0.3, -0.25) is 0 Å². The maximum Gasteiger partial charge on any atom is 0.164 e. The summed E-state index contributed by atoms with van der Waals surface area (Å²) >= 11 is 0. The van der Waals surface area contributed by atoms with E-state index in [1.165, 1.54) is 11.1 Å². The first-order chi connectivity index (χ1) is 14.4. The summed E-state index contributed by atoms with van der Waals surface area (Å²) in [6.45, 7) is 5.76. The van der Waals surface area contributed by atoms with Gasteiger partial charge in [0.2, 0.25) is 0 Å².